The molecule has 2 aromatic carbocycles. The first-order valence-electron chi connectivity index (χ1n) is 11.4. The summed E-state index contributed by atoms with van der Waals surface area (Å²) in [5.41, 5.74) is 2.94. The first-order chi connectivity index (χ1) is 15.3. The van der Waals surface area contributed by atoms with Crippen LogP contribution in [0.15, 0.2) is 65.1 Å². The van der Waals surface area contributed by atoms with E-state index in [-0.39, 0.29) is 10.5 Å². The number of rotatable bonds is 7. The second-order valence-corrected chi connectivity index (χ2v) is 10.9. The van der Waals surface area contributed by atoms with Gasteiger partial charge in [-0.05, 0) is 48.9 Å². The molecule has 1 fully saturated rings. The minimum atomic E-state index is -3.91. The van der Waals surface area contributed by atoms with Crippen LogP contribution in [0.1, 0.15) is 61.8 Å². The average Bonchev–Trinajstić information content (AvgIpc) is 3.42. The minimum absolute atomic E-state index is 0.146. The number of aryl methyl sites for hydroxylation is 2. The molecule has 0 aromatic heterocycles. The van der Waals surface area contributed by atoms with Crippen molar-refractivity contribution in [2.75, 3.05) is 0 Å². The molecular weight excluding hydrogens is 422 g/mol. The third-order valence-electron chi connectivity index (χ3n) is 6.84. The van der Waals surface area contributed by atoms with Gasteiger partial charge >= 0.3 is 5.97 Å². The lowest BCUT2D eigenvalue weighted by Crippen LogP contribution is -2.39. The molecule has 4 rings (SSSR count). The number of aliphatic carboxylic acids is 1. The largest absolute Gasteiger partial charge is 0.478 e. The Morgan fingerprint density at radius 3 is 2.22 bits per heavy atom. The number of carboxylic acids is 1. The quantitative estimate of drug-likeness (QED) is 0.620. The highest BCUT2D eigenvalue weighted by Crippen LogP contribution is 2.44. The molecule has 0 spiro atoms. The molecule has 6 heteroatoms. The summed E-state index contributed by atoms with van der Waals surface area (Å²) in [7, 11) is -3.91. The predicted molar refractivity (Wildman–Crippen MR) is 125 cm³/mol. The van der Waals surface area contributed by atoms with E-state index in [1.54, 1.807) is 30.3 Å². The van der Waals surface area contributed by atoms with E-state index in [1.807, 2.05) is 31.2 Å². The Labute approximate surface area is 190 Å². The normalized spacial score (nSPS) is 22.2. The summed E-state index contributed by atoms with van der Waals surface area (Å²) >= 11 is 0. The molecule has 0 saturated heterocycles. The maximum atomic E-state index is 13.9. The van der Waals surface area contributed by atoms with Crippen LogP contribution >= 0.6 is 0 Å². The molecule has 32 heavy (non-hydrogen) atoms. The van der Waals surface area contributed by atoms with Crippen LogP contribution in [-0.2, 0) is 21.2 Å². The van der Waals surface area contributed by atoms with Gasteiger partial charge in [-0.1, -0.05) is 80.6 Å². The van der Waals surface area contributed by atoms with Gasteiger partial charge < -0.3 is 5.11 Å². The first-order valence-corrected chi connectivity index (χ1v) is 12.9. The molecule has 2 atom stereocenters. The Balaban J connectivity index is 1.81. The molecule has 2 aliphatic rings. The maximum Gasteiger partial charge on any atom is 0.333 e. The van der Waals surface area contributed by atoms with Crippen molar-refractivity contribution in [3.63, 3.8) is 0 Å². The topological polar surface area (TPSA) is 74.7 Å². The van der Waals surface area contributed by atoms with E-state index >= 15 is 0 Å². The van der Waals surface area contributed by atoms with Crippen LogP contribution in [0.25, 0.3) is 0 Å². The van der Waals surface area contributed by atoms with E-state index in [4.69, 9.17) is 0 Å². The zero-order valence-corrected chi connectivity index (χ0v) is 19.5. The number of benzene rings is 2. The summed E-state index contributed by atoms with van der Waals surface area (Å²) in [4.78, 5) is 12.5. The Morgan fingerprint density at radius 1 is 1.03 bits per heavy atom. The minimum Gasteiger partial charge on any atom is -0.478 e. The number of carbonyl (C=O) groups is 1. The molecule has 2 aromatic rings. The molecule has 1 N–H and O–H groups in total. The second-order valence-electron chi connectivity index (χ2n) is 9.03. The van der Waals surface area contributed by atoms with Gasteiger partial charge in [0, 0.05) is 6.04 Å². The fraction of sp³-hybridized carbons (Fsp3) is 0.423. The molecular formula is C26H31NO4S. The molecule has 1 aliphatic heterocycles. The van der Waals surface area contributed by atoms with Crippen LogP contribution < -0.4 is 0 Å². The summed E-state index contributed by atoms with van der Waals surface area (Å²) in [6, 6.07) is 13.2. The number of hydrogen-bond donors (Lipinski definition) is 1. The highest BCUT2D eigenvalue weighted by molar-refractivity contribution is 7.89. The van der Waals surface area contributed by atoms with Crippen molar-refractivity contribution in [2.45, 2.75) is 69.4 Å². The van der Waals surface area contributed by atoms with Crippen LogP contribution in [0.5, 0.6) is 0 Å². The van der Waals surface area contributed by atoms with E-state index in [9.17, 15) is 18.3 Å². The number of sulfonamides is 1. The number of hydrogen-bond acceptors (Lipinski definition) is 3. The van der Waals surface area contributed by atoms with Gasteiger partial charge in [-0.25, -0.2) is 13.2 Å². The van der Waals surface area contributed by atoms with Gasteiger partial charge in [0.25, 0.3) is 0 Å². The van der Waals surface area contributed by atoms with E-state index in [0.29, 0.717) is 17.9 Å². The van der Waals surface area contributed by atoms with Crippen molar-refractivity contribution in [2.24, 2.45) is 5.92 Å². The van der Waals surface area contributed by atoms with Crippen molar-refractivity contribution in [3.05, 3.63) is 76.9 Å². The Bertz CT molecular complexity index is 1100. The number of carboxylic acid groups (broad SMARTS) is 1. The maximum absolute atomic E-state index is 13.9. The van der Waals surface area contributed by atoms with Crippen molar-refractivity contribution < 1.29 is 18.3 Å². The molecule has 0 bridgehead atoms. The van der Waals surface area contributed by atoms with Crippen molar-refractivity contribution in [1.82, 2.24) is 4.31 Å². The summed E-state index contributed by atoms with van der Waals surface area (Å²) in [6.07, 6.45) is 7.65. The average molecular weight is 454 g/mol. The first kappa shape index (κ1) is 22.7. The fourth-order valence-corrected chi connectivity index (χ4v) is 6.80. The zero-order chi connectivity index (χ0) is 22.9. The van der Waals surface area contributed by atoms with Crippen molar-refractivity contribution >= 4 is 16.0 Å². The smallest absolute Gasteiger partial charge is 0.333 e. The lowest BCUT2D eigenvalue weighted by atomic mass is 9.98. The van der Waals surface area contributed by atoms with Gasteiger partial charge in [-0.15, -0.1) is 0 Å². The molecule has 170 valence electrons. The third kappa shape index (κ3) is 4.39. The summed E-state index contributed by atoms with van der Waals surface area (Å²) in [6.45, 7) is 3.97. The van der Waals surface area contributed by atoms with Crippen molar-refractivity contribution in [3.8, 4) is 0 Å². The Hall–Kier alpha value is -2.44. The summed E-state index contributed by atoms with van der Waals surface area (Å²) in [5.74, 6) is -0.643. The van der Waals surface area contributed by atoms with E-state index in [2.05, 4.69) is 6.92 Å². The monoisotopic (exact) mass is 453 g/mol. The molecule has 1 aliphatic carbocycles. The molecule has 0 radical (unpaired) electrons. The van der Waals surface area contributed by atoms with Crippen LogP contribution in [0, 0.1) is 12.8 Å². The molecule has 1 saturated carbocycles. The van der Waals surface area contributed by atoms with Gasteiger partial charge in [0.2, 0.25) is 10.0 Å². The van der Waals surface area contributed by atoms with Gasteiger partial charge in [0.1, 0.15) is 0 Å². The lowest BCUT2D eigenvalue weighted by molar-refractivity contribution is -0.133. The zero-order valence-electron chi connectivity index (χ0n) is 18.7. The highest BCUT2D eigenvalue weighted by atomic mass is 32.2. The highest BCUT2D eigenvalue weighted by Gasteiger charge is 2.46. The van der Waals surface area contributed by atoms with Gasteiger partial charge in [0.05, 0.1) is 16.5 Å². The Morgan fingerprint density at radius 2 is 1.66 bits per heavy atom. The van der Waals surface area contributed by atoms with E-state index in [1.165, 1.54) is 4.31 Å². The van der Waals surface area contributed by atoms with Gasteiger partial charge in [0.15, 0.2) is 0 Å². The van der Waals surface area contributed by atoms with Gasteiger partial charge in [-0.2, -0.15) is 4.31 Å². The number of nitrogens with zero attached hydrogens (tertiary/aromatic N) is 1. The second kappa shape index (κ2) is 9.20. The third-order valence-corrected chi connectivity index (χ3v) is 8.75. The van der Waals surface area contributed by atoms with Gasteiger partial charge in [-0.3, -0.25) is 0 Å². The predicted octanol–water partition coefficient (Wildman–Crippen LogP) is 5.26. The van der Waals surface area contributed by atoms with Crippen LogP contribution in [-0.4, -0.2) is 29.8 Å². The SMILES string of the molecule is CCc1ccc([C@H]2C(C(=O)O)=C[C@@H](CC3CCCC3)N2S(=O)(=O)c2ccc(C)cc2)cc1. The Kier molecular flexibility index (Phi) is 6.54. The van der Waals surface area contributed by atoms with E-state index < -0.39 is 28.1 Å². The lowest BCUT2D eigenvalue weighted by Gasteiger charge is -2.32. The molecule has 1 heterocycles. The fourth-order valence-electron chi connectivity index (χ4n) is 5.06. The molecule has 0 amide bonds. The standard InChI is InChI=1S/C26H31NO4S/c1-3-19-10-12-21(13-11-19)25-24(26(28)29)17-22(16-20-6-4-5-7-20)27(25)32(30,31)23-14-8-18(2)9-15-23/h8-15,17,20,22,25H,3-7,16H2,1-2H3,(H,28,29)/t22-,25+/m1/s1. The summed E-state index contributed by atoms with van der Waals surface area (Å²) < 4.78 is 29.3. The van der Waals surface area contributed by atoms with Crippen LogP contribution in [0.2, 0.25) is 0 Å². The van der Waals surface area contributed by atoms with Crippen LogP contribution in [0.3, 0.4) is 0 Å². The molecule has 5 nitrogen and oxygen atoms in total. The van der Waals surface area contributed by atoms with Crippen molar-refractivity contribution in [1.29, 1.82) is 0 Å². The molecule has 0 unspecified atom stereocenters. The summed E-state index contributed by atoms with van der Waals surface area (Å²) in [5, 5.41) is 10.0. The van der Waals surface area contributed by atoms with Crippen LogP contribution in [0.4, 0.5) is 0 Å². The van der Waals surface area contributed by atoms with E-state index in [0.717, 1.165) is 43.2 Å².